The Morgan fingerprint density at radius 1 is 1.39 bits per heavy atom. The Kier molecular flexibility index (Phi) is 4.73. The molecule has 1 heterocycles. The number of unbranched alkanes of at least 4 members (excludes halogenated alkanes) is 1. The van der Waals surface area contributed by atoms with E-state index >= 15 is 0 Å². The number of rotatable bonds is 5. The molecule has 1 unspecified atom stereocenters. The van der Waals surface area contributed by atoms with E-state index in [2.05, 4.69) is 22.8 Å². The lowest BCUT2D eigenvalue weighted by molar-refractivity contribution is -0.122. The van der Waals surface area contributed by atoms with Crippen LogP contribution in [0.5, 0.6) is 0 Å². The van der Waals surface area contributed by atoms with E-state index in [0.29, 0.717) is 13.1 Å². The standard InChI is InChI=1S/C14H21N3O/c15-7-3-4-8-17-14(18)13-10-16-9-11-5-1-2-6-12(11)13/h1-2,5-6,13,16H,3-4,7-10,15H2,(H,17,18). The number of benzene rings is 1. The van der Waals surface area contributed by atoms with Gasteiger partial charge in [0.15, 0.2) is 0 Å². The van der Waals surface area contributed by atoms with E-state index in [1.54, 1.807) is 0 Å². The molecule has 0 bridgehead atoms. The van der Waals surface area contributed by atoms with Crippen molar-refractivity contribution in [3.63, 3.8) is 0 Å². The second-order valence-corrected chi connectivity index (χ2v) is 4.67. The summed E-state index contributed by atoms with van der Waals surface area (Å²) >= 11 is 0. The lowest BCUT2D eigenvalue weighted by Gasteiger charge is -2.25. The van der Waals surface area contributed by atoms with Gasteiger partial charge in [-0.3, -0.25) is 4.79 Å². The molecule has 4 heteroatoms. The van der Waals surface area contributed by atoms with Gasteiger partial charge in [-0.2, -0.15) is 0 Å². The molecule has 0 saturated carbocycles. The maximum absolute atomic E-state index is 12.1. The topological polar surface area (TPSA) is 67.1 Å². The van der Waals surface area contributed by atoms with Gasteiger partial charge in [0.1, 0.15) is 0 Å². The Hall–Kier alpha value is -1.39. The first-order chi connectivity index (χ1) is 8.83. The summed E-state index contributed by atoms with van der Waals surface area (Å²) in [6, 6.07) is 8.15. The zero-order valence-corrected chi connectivity index (χ0v) is 10.6. The first-order valence-electron chi connectivity index (χ1n) is 6.59. The summed E-state index contributed by atoms with van der Waals surface area (Å²) in [5.41, 5.74) is 7.82. The fourth-order valence-corrected chi connectivity index (χ4v) is 2.33. The third kappa shape index (κ3) is 3.09. The highest BCUT2D eigenvalue weighted by Crippen LogP contribution is 2.23. The molecule has 4 nitrogen and oxygen atoms in total. The molecule has 18 heavy (non-hydrogen) atoms. The minimum Gasteiger partial charge on any atom is -0.356 e. The summed E-state index contributed by atoms with van der Waals surface area (Å²) in [6.45, 7) is 2.98. The van der Waals surface area contributed by atoms with Gasteiger partial charge in [0.05, 0.1) is 5.92 Å². The van der Waals surface area contributed by atoms with Gasteiger partial charge in [0.25, 0.3) is 0 Å². The molecule has 1 aromatic rings. The average molecular weight is 247 g/mol. The van der Waals surface area contributed by atoms with E-state index in [9.17, 15) is 4.79 Å². The van der Waals surface area contributed by atoms with Crippen molar-refractivity contribution < 1.29 is 4.79 Å². The normalized spacial score (nSPS) is 18.2. The highest BCUT2D eigenvalue weighted by molar-refractivity contribution is 5.84. The number of hydrogen-bond acceptors (Lipinski definition) is 3. The van der Waals surface area contributed by atoms with Crippen LogP contribution in [0.2, 0.25) is 0 Å². The largest absolute Gasteiger partial charge is 0.356 e. The van der Waals surface area contributed by atoms with Crippen molar-refractivity contribution in [3.05, 3.63) is 35.4 Å². The van der Waals surface area contributed by atoms with Crippen molar-refractivity contribution in [1.29, 1.82) is 0 Å². The van der Waals surface area contributed by atoms with E-state index in [4.69, 9.17) is 5.73 Å². The van der Waals surface area contributed by atoms with Crippen molar-refractivity contribution in [1.82, 2.24) is 10.6 Å². The molecule has 98 valence electrons. The quantitative estimate of drug-likeness (QED) is 0.672. The Morgan fingerprint density at radius 2 is 2.22 bits per heavy atom. The summed E-state index contributed by atoms with van der Waals surface area (Å²) in [5, 5.41) is 6.29. The molecule has 0 radical (unpaired) electrons. The lowest BCUT2D eigenvalue weighted by atomic mass is 9.90. The molecule has 0 aliphatic carbocycles. The van der Waals surface area contributed by atoms with Gasteiger partial charge < -0.3 is 16.4 Å². The van der Waals surface area contributed by atoms with Crippen molar-refractivity contribution in [2.45, 2.75) is 25.3 Å². The highest BCUT2D eigenvalue weighted by Gasteiger charge is 2.25. The number of fused-ring (bicyclic) bond motifs is 1. The van der Waals surface area contributed by atoms with Gasteiger partial charge in [-0.25, -0.2) is 0 Å². The maximum atomic E-state index is 12.1. The van der Waals surface area contributed by atoms with E-state index < -0.39 is 0 Å². The van der Waals surface area contributed by atoms with E-state index in [1.807, 2.05) is 12.1 Å². The molecule has 1 amide bonds. The molecular formula is C14H21N3O. The van der Waals surface area contributed by atoms with Gasteiger partial charge in [-0.15, -0.1) is 0 Å². The SMILES string of the molecule is NCCCCNC(=O)C1CNCc2ccccc21. The van der Waals surface area contributed by atoms with Crippen molar-refractivity contribution in [2.75, 3.05) is 19.6 Å². The Morgan fingerprint density at radius 3 is 3.06 bits per heavy atom. The number of amides is 1. The van der Waals surface area contributed by atoms with Gasteiger partial charge in [-0.1, -0.05) is 24.3 Å². The van der Waals surface area contributed by atoms with Crippen LogP contribution in [-0.2, 0) is 11.3 Å². The van der Waals surface area contributed by atoms with Gasteiger partial charge in [0.2, 0.25) is 5.91 Å². The van der Waals surface area contributed by atoms with Crippen LogP contribution in [0, 0.1) is 0 Å². The van der Waals surface area contributed by atoms with Crippen LogP contribution in [0.15, 0.2) is 24.3 Å². The number of carbonyl (C=O) groups is 1. The fourth-order valence-electron chi connectivity index (χ4n) is 2.33. The molecule has 0 spiro atoms. The van der Waals surface area contributed by atoms with Crippen LogP contribution < -0.4 is 16.4 Å². The molecular weight excluding hydrogens is 226 g/mol. The third-order valence-corrected chi connectivity index (χ3v) is 3.34. The highest BCUT2D eigenvalue weighted by atomic mass is 16.1. The molecule has 2 rings (SSSR count). The van der Waals surface area contributed by atoms with Crippen LogP contribution >= 0.6 is 0 Å². The predicted octanol–water partition coefficient (Wildman–Crippen LogP) is 0.729. The summed E-state index contributed by atoms with van der Waals surface area (Å²) in [6.07, 6.45) is 1.91. The number of carbonyl (C=O) groups excluding carboxylic acids is 1. The minimum absolute atomic E-state index is 0.0622. The second-order valence-electron chi connectivity index (χ2n) is 4.67. The Labute approximate surface area is 108 Å². The summed E-state index contributed by atoms with van der Waals surface area (Å²) in [4.78, 5) is 12.1. The van der Waals surface area contributed by atoms with E-state index in [0.717, 1.165) is 31.5 Å². The maximum Gasteiger partial charge on any atom is 0.228 e. The average Bonchev–Trinajstić information content (AvgIpc) is 2.43. The monoisotopic (exact) mass is 247 g/mol. The molecule has 0 fully saturated rings. The minimum atomic E-state index is -0.0622. The second kappa shape index (κ2) is 6.52. The van der Waals surface area contributed by atoms with Crippen molar-refractivity contribution >= 4 is 5.91 Å². The molecule has 4 N–H and O–H groups in total. The summed E-state index contributed by atoms with van der Waals surface area (Å²) in [5.74, 6) is 0.0551. The third-order valence-electron chi connectivity index (χ3n) is 3.34. The van der Waals surface area contributed by atoms with Crippen LogP contribution in [0.4, 0.5) is 0 Å². The van der Waals surface area contributed by atoms with Gasteiger partial charge in [0, 0.05) is 19.6 Å². The molecule has 1 atom stereocenters. The smallest absolute Gasteiger partial charge is 0.228 e. The van der Waals surface area contributed by atoms with Crippen LogP contribution in [-0.4, -0.2) is 25.5 Å². The Bertz CT molecular complexity index is 406. The summed E-state index contributed by atoms with van der Waals surface area (Å²) in [7, 11) is 0. The predicted molar refractivity (Wildman–Crippen MR) is 72.2 cm³/mol. The first kappa shape index (κ1) is 13.1. The zero-order chi connectivity index (χ0) is 12.8. The van der Waals surface area contributed by atoms with E-state index in [1.165, 1.54) is 5.56 Å². The number of nitrogens with one attached hydrogen (secondary N) is 2. The van der Waals surface area contributed by atoms with E-state index in [-0.39, 0.29) is 11.8 Å². The van der Waals surface area contributed by atoms with Crippen molar-refractivity contribution in [3.8, 4) is 0 Å². The molecule has 1 aromatic carbocycles. The number of nitrogens with two attached hydrogens (primary N) is 1. The van der Waals surface area contributed by atoms with Gasteiger partial charge in [-0.05, 0) is 30.5 Å². The number of hydrogen-bond donors (Lipinski definition) is 3. The fraction of sp³-hybridized carbons (Fsp3) is 0.500. The zero-order valence-electron chi connectivity index (χ0n) is 10.6. The van der Waals surface area contributed by atoms with Crippen LogP contribution in [0.1, 0.15) is 29.9 Å². The van der Waals surface area contributed by atoms with Crippen molar-refractivity contribution in [2.24, 2.45) is 5.73 Å². The molecule has 0 saturated heterocycles. The molecule has 1 aliphatic heterocycles. The first-order valence-corrected chi connectivity index (χ1v) is 6.59. The Balaban J connectivity index is 1.95. The molecule has 1 aliphatic rings. The summed E-state index contributed by atoms with van der Waals surface area (Å²) < 4.78 is 0. The van der Waals surface area contributed by atoms with Gasteiger partial charge >= 0.3 is 0 Å². The van der Waals surface area contributed by atoms with Crippen LogP contribution in [0.3, 0.4) is 0 Å². The molecule has 0 aromatic heterocycles. The lowest BCUT2D eigenvalue weighted by Crippen LogP contribution is -2.39. The van der Waals surface area contributed by atoms with Crippen LogP contribution in [0.25, 0.3) is 0 Å².